The maximum Gasteiger partial charge on any atom is 0.266 e. The van der Waals surface area contributed by atoms with Gasteiger partial charge in [0.25, 0.3) is 5.91 Å². The Morgan fingerprint density at radius 3 is 2.24 bits per heavy atom. The predicted molar refractivity (Wildman–Crippen MR) is 133 cm³/mol. The van der Waals surface area contributed by atoms with Crippen molar-refractivity contribution in [2.24, 2.45) is 0 Å². The molecule has 0 radical (unpaired) electrons. The van der Waals surface area contributed by atoms with Crippen LogP contribution in [0.15, 0.2) is 72.3 Å². The minimum atomic E-state index is -0.552. The minimum absolute atomic E-state index is 0.0992. The number of benzene rings is 3. The third-order valence-electron chi connectivity index (χ3n) is 4.69. The number of carbonyl (C=O) groups excluding carboxylic acids is 1. The van der Waals surface area contributed by atoms with E-state index in [1.54, 1.807) is 36.4 Å². The maximum atomic E-state index is 12.7. The van der Waals surface area contributed by atoms with E-state index in [1.807, 2.05) is 50.2 Å². The van der Waals surface area contributed by atoms with Crippen LogP contribution in [0.4, 0.5) is 5.69 Å². The molecule has 7 heteroatoms. The molecule has 6 nitrogen and oxygen atoms in total. The third kappa shape index (κ3) is 6.77. The number of nitrogens with zero attached hydrogens (tertiary/aromatic N) is 1. The topological polar surface area (TPSA) is 80.6 Å². The van der Waals surface area contributed by atoms with Crippen LogP contribution in [0.25, 0.3) is 6.08 Å². The molecule has 0 aliphatic heterocycles. The molecule has 0 unspecified atom stereocenters. The normalized spacial score (nSPS) is 10.8. The second-order valence-electron chi connectivity index (χ2n) is 7.11. The second-order valence-corrected chi connectivity index (χ2v) is 7.52. The van der Waals surface area contributed by atoms with Crippen molar-refractivity contribution < 1.29 is 19.0 Å². The quantitative estimate of drug-likeness (QED) is 0.276. The Labute approximate surface area is 204 Å². The van der Waals surface area contributed by atoms with Crippen LogP contribution in [0.3, 0.4) is 0 Å². The maximum absolute atomic E-state index is 12.7. The van der Waals surface area contributed by atoms with Crippen molar-refractivity contribution in [3.05, 3.63) is 88.5 Å². The van der Waals surface area contributed by atoms with E-state index in [-0.39, 0.29) is 5.57 Å². The Kier molecular flexibility index (Phi) is 8.96. The van der Waals surface area contributed by atoms with Crippen LogP contribution in [-0.4, -0.2) is 19.1 Å². The van der Waals surface area contributed by atoms with E-state index >= 15 is 0 Å². The molecular formula is C27H25ClN2O4. The molecule has 0 atom stereocenters. The lowest BCUT2D eigenvalue weighted by Crippen LogP contribution is -2.13. The summed E-state index contributed by atoms with van der Waals surface area (Å²) < 4.78 is 16.9. The van der Waals surface area contributed by atoms with Gasteiger partial charge < -0.3 is 19.5 Å². The zero-order valence-corrected chi connectivity index (χ0v) is 19.8. The van der Waals surface area contributed by atoms with E-state index in [1.165, 1.54) is 6.08 Å². The molecule has 0 aliphatic carbocycles. The van der Waals surface area contributed by atoms with Crippen molar-refractivity contribution in [3.8, 4) is 23.3 Å². The van der Waals surface area contributed by atoms with Crippen molar-refractivity contribution in [2.45, 2.75) is 20.5 Å². The number of hydrogen-bond donors (Lipinski definition) is 1. The van der Waals surface area contributed by atoms with Gasteiger partial charge in [0.05, 0.1) is 18.2 Å². The molecule has 174 valence electrons. The van der Waals surface area contributed by atoms with Crippen LogP contribution in [0.5, 0.6) is 17.2 Å². The third-order valence-corrected chi connectivity index (χ3v) is 5.02. The van der Waals surface area contributed by atoms with Crippen LogP contribution < -0.4 is 19.5 Å². The number of anilines is 1. The van der Waals surface area contributed by atoms with Crippen molar-refractivity contribution in [1.82, 2.24) is 0 Å². The summed E-state index contributed by atoms with van der Waals surface area (Å²) in [6.07, 6.45) is 1.42. The van der Waals surface area contributed by atoms with Crippen molar-refractivity contribution in [3.63, 3.8) is 0 Å². The lowest BCUT2D eigenvalue weighted by molar-refractivity contribution is -0.112. The first kappa shape index (κ1) is 24.7. The highest BCUT2D eigenvalue weighted by atomic mass is 35.5. The van der Waals surface area contributed by atoms with Gasteiger partial charge in [-0.3, -0.25) is 4.79 Å². The number of ether oxygens (including phenoxy) is 3. The average Bonchev–Trinajstić information content (AvgIpc) is 2.85. The fourth-order valence-electron chi connectivity index (χ4n) is 3.08. The second kappa shape index (κ2) is 12.3. The van der Waals surface area contributed by atoms with Crippen LogP contribution in [-0.2, 0) is 11.4 Å². The number of hydrogen-bond acceptors (Lipinski definition) is 5. The zero-order chi connectivity index (χ0) is 24.3. The van der Waals surface area contributed by atoms with E-state index in [0.717, 1.165) is 5.56 Å². The molecular weight excluding hydrogens is 452 g/mol. The molecule has 34 heavy (non-hydrogen) atoms. The number of nitrogens with one attached hydrogen (secondary N) is 1. The molecule has 3 aromatic rings. The molecule has 0 fully saturated rings. The van der Waals surface area contributed by atoms with Gasteiger partial charge in [-0.1, -0.05) is 41.9 Å². The molecule has 3 aromatic carbocycles. The summed E-state index contributed by atoms with van der Waals surface area (Å²) in [5.74, 6) is 1.11. The van der Waals surface area contributed by atoms with E-state index in [9.17, 15) is 10.1 Å². The molecule has 1 N–H and O–H groups in total. The number of halogens is 1. The largest absolute Gasteiger partial charge is 0.490 e. The molecule has 3 rings (SSSR count). The fraction of sp³-hybridized carbons (Fsp3) is 0.185. The number of rotatable bonds is 10. The van der Waals surface area contributed by atoms with Gasteiger partial charge in [0.2, 0.25) is 0 Å². The average molecular weight is 477 g/mol. The number of nitriles is 1. The van der Waals surface area contributed by atoms with Crippen LogP contribution in [0.2, 0.25) is 5.02 Å². The highest BCUT2D eigenvalue weighted by Gasteiger charge is 2.14. The van der Waals surface area contributed by atoms with E-state index < -0.39 is 5.91 Å². The predicted octanol–water partition coefficient (Wildman–Crippen LogP) is 6.26. The molecule has 0 saturated heterocycles. The van der Waals surface area contributed by atoms with Gasteiger partial charge in [-0.25, -0.2) is 0 Å². The van der Waals surface area contributed by atoms with E-state index in [0.29, 0.717) is 53.3 Å². The first-order chi connectivity index (χ1) is 16.5. The highest BCUT2D eigenvalue weighted by molar-refractivity contribution is 6.32. The van der Waals surface area contributed by atoms with Crippen LogP contribution >= 0.6 is 11.6 Å². The lowest BCUT2D eigenvalue weighted by atomic mass is 10.1. The Hall–Kier alpha value is -3.95. The molecule has 0 saturated carbocycles. The molecule has 0 aliphatic rings. The fourth-order valence-corrected chi connectivity index (χ4v) is 3.28. The first-order valence-electron chi connectivity index (χ1n) is 10.8. The van der Waals surface area contributed by atoms with Crippen LogP contribution in [0, 0.1) is 11.3 Å². The Bertz CT molecular complexity index is 1190. The van der Waals surface area contributed by atoms with Gasteiger partial charge >= 0.3 is 0 Å². The molecule has 0 bridgehead atoms. The lowest BCUT2D eigenvalue weighted by Gasteiger charge is -2.13. The van der Waals surface area contributed by atoms with Gasteiger partial charge in [0.1, 0.15) is 24.0 Å². The van der Waals surface area contributed by atoms with E-state index in [2.05, 4.69) is 5.32 Å². The number of amides is 1. The van der Waals surface area contributed by atoms with Crippen molar-refractivity contribution in [1.29, 1.82) is 5.26 Å². The van der Waals surface area contributed by atoms with Gasteiger partial charge in [0.15, 0.2) is 11.5 Å². The molecule has 1 amide bonds. The van der Waals surface area contributed by atoms with Crippen LogP contribution in [0.1, 0.15) is 25.0 Å². The number of carbonyl (C=O) groups is 1. The standard InChI is InChI=1S/C27H25ClN2O4/c1-3-32-25-15-20(24(28)16-26(25)33-4-2)14-21(17-29)27(31)30-22-10-12-23(13-11-22)34-18-19-8-6-5-7-9-19/h5-16H,3-4,18H2,1-2H3,(H,30,31)/b21-14+. The monoisotopic (exact) mass is 476 g/mol. The summed E-state index contributed by atoms with van der Waals surface area (Å²) in [6.45, 7) is 5.04. The Morgan fingerprint density at radius 1 is 0.971 bits per heavy atom. The summed E-state index contributed by atoms with van der Waals surface area (Å²) in [6, 6.07) is 22.0. The van der Waals surface area contributed by atoms with Gasteiger partial charge in [-0.05, 0) is 61.4 Å². The SMILES string of the molecule is CCOc1cc(Cl)c(/C=C(\C#N)C(=O)Nc2ccc(OCc3ccccc3)cc2)cc1OCC. The summed E-state index contributed by atoms with van der Waals surface area (Å²) in [5, 5.41) is 12.6. The molecule has 0 heterocycles. The summed E-state index contributed by atoms with van der Waals surface area (Å²) in [4.78, 5) is 12.7. The van der Waals surface area contributed by atoms with Gasteiger partial charge in [-0.15, -0.1) is 0 Å². The smallest absolute Gasteiger partial charge is 0.266 e. The zero-order valence-electron chi connectivity index (χ0n) is 19.0. The molecule has 0 spiro atoms. The summed E-state index contributed by atoms with van der Waals surface area (Å²) in [5.41, 5.74) is 1.97. The first-order valence-corrected chi connectivity index (χ1v) is 11.2. The Morgan fingerprint density at radius 2 is 1.62 bits per heavy atom. The molecule has 0 aromatic heterocycles. The Balaban J connectivity index is 1.70. The minimum Gasteiger partial charge on any atom is -0.490 e. The summed E-state index contributed by atoms with van der Waals surface area (Å²) in [7, 11) is 0. The van der Waals surface area contributed by atoms with Crippen molar-refractivity contribution >= 4 is 29.3 Å². The van der Waals surface area contributed by atoms with Crippen molar-refractivity contribution in [2.75, 3.05) is 18.5 Å². The summed E-state index contributed by atoms with van der Waals surface area (Å²) >= 11 is 6.36. The highest BCUT2D eigenvalue weighted by Crippen LogP contribution is 2.35. The van der Waals surface area contributed by atoms with Gasteiger partial charge in [-0.2, -0.15) is 5.26 Å². The van der Waals surface area contributed by atoms with E-state index in [4.69, 9.17) is 25.8 Å². The van der Waals surface area contributed by atoms with Gasteiger partial charge in [0, 0.05) is 11.8 Å².